The van der Waals surface area contributed by atoms with Gasteiger partial charge < -0.3 is 5.32 Å². The van der Waals surface area contributed by atoms with E-state index < -0.39 is 0 Å². The van der Waals surface area contributed by atoms with E-state index in [0.717, 1.165) is 12.2 Å². The lowest BCUT2D eigenvalue weighted by atomic mass is 10.0. The highest BCUT2D eigenvalue weighted by molar-refractivity contribution is 7.99. The summed E-state index contributed by atoms with van der Waals surface area (Å²) in [7, 11) is 2.01. The normalized spacial score (nSPS) is 12.6. The highest BCUT2D eigenvalue weighted by Crippen LogP contribution is 2.23. The van der Waals surface area contributed by atoms with Crippen LogP contribution in [0.25, 0.3) is 0 Å². The minimum Gasteiger partial charge on any atom is -0.313 e. The Kier molecular flexibility index (Phi) is 5.23. The van der Waals surface area contributed by atoms with Crippen LogP contribution in [0.5, 0.6) is 0 Å². The number of likely N-dealkylation sites (N-methyl/N-ethyl adjacent to an activating group) is 1. The Bertz CT molecular complexity index is 451. The number of thiazole rings is 1. The second kappa shape index (κ2) is 6.92. The van der Waals surface area contributed by atoms with Crippen molar-refractivity contribution in [3.05, 3.63) is 46.4 Å². The van der Waals surface area contributed by atoms with E-state index in [9.17, 15) is 0 Å². The van der Waals surface area contributed by atoms with Crippen LogP contribution in [0, 0.1) is 0 Å². The van der Waals surface area contributed by atoms with Crippen molar-refractivity contribution in [3.8, 4) is 0 Å². The van der Waals surface area contributed by atoms with Crippen LogP contribution in [-0.2, 0) is 6.42 Å². The predicted molar refractivity (Wildman–Crippen MR) is 80.5 cm³/mol. The summed E-state index contributed by atoms with van der Waals surface area (Å²) in [5.41, 5.74) is 3.23. The maximum absolute atomic E-state index is 4.13. The van der Waals surface area contributed by atoms with Gasteiger partial charge >= 0.3 is 0 Å². The quantitative estimate of drug-likeness (QED) is 0.814. The molecule has 1 atom stereocenters. The van der Waals surface area contributed by atoms with Crippen molar-refractivity contribution in [2.24, 2.45) is 0 Å². The van der Waals surface area contributed by atoms with E-state index >= 15 is 0 Å². The first kappa shape index (κ1) is 13.6. The molecule has 2 nitrogen and oxygen atoms in total. The van der Waals surface area contributed by atoms with E-state index in [0.29, 0.717) is 6.04 Å². The molecule has 1 aromatic heterocycles. The number of nitrogens with zero attached hydrogens (tertiary/aromatic N) is 1. The SMILES string of the molecule is CCSc1ccc(C(Cc2cncs2)NC)cc1. The second-order valence-corrected chi connectivity index (χ2v) is 6.32. The third-order valence-electron chi connectivity index (χ3n) is 2.83. The number of hydrogen-bond acceptors (Lipinski definition) is 4. The summed E-state index contributed by atoms with van der Waals surface area (Å²) in [6, 6.07) is 9.23. The lowest BCUT2D eigenvalue weighted by Crippen LogP contribution is -2.18. The number of rotatable bonds is 6. The van der Waals surface area contributed by atoms with Gasteiger partial charge in [-0.1, -0.05) is 19.1 Å². The average Bonchev–Trinajstić information content (AvgIpc) is 2.90. The highest BCUT2D eigenvalue weighted by atomic mass is 32.2. The molecule has 2 aromatic rings. The summed E-state index contributed by atoms with van der Waals surface area (Å²) < 4.78 is 0. The predicted octanol–water partition coefficient (Wildman–Crippen LogP) is 3.76. The fourth-order valence-electron chi connectivity index (χ4n) is 1.89. The maximum Gasteiger partial charge on any atom is 0.0794 e. The van der Waals surface area contributed by atoms with Crippen LogP contribution in [0.4, 0.5) is 0 Å². The van der Waals surface area contributed by atoms with Gasteiger partial charge in [-0.3, -0.25) is 4.98 Å². The van der Waals surface area contributed by atoms with Crippen molar-refractivity contribution >= 4 is 23.1 Å². The van der Waals surface area contributed by atoms with Gasteiger partial charge in [0.25, 0.3) is 0 Å². The smallest absolute Gasteiger partial charge is 0.0794 e. The molecular formula is C14H18N2S2. The Labute approximate surface area is 117 Å². The molecule has 18 heavy (non-hydrogen) atoms. The van der Waals surface area contributed by atoms with Gasteiger partial charge in [0.1, 0.15) is 0 Å². The minimum atomic E-state index is 0.367. The molecule has 1 N–H and O–H groups in total. The maximum atomic E-state index is 4.13. The van der Waals surface area contributed by atoms with Crippen molar-refractivity contribution in [3.63, 3.8) is 0 Å². The number of hydrogen-bond donors (Lipinski definition) is 1. The van der Waals surface area contributed by atoms with Gasteiger partial charge in [-0.15, -0.1) is 23.1 Å². The first-order chi connectivity index (χ1) is 8.83. The van der Waals surface area contributed by atoms with E-state index in [1.807, 2.05) is 30.5 Å². The van der Waals surface area contributed by atoms with Crippen LogP contribution in [0.2, 0.25) is 0 Å². The molecule has 0 saturated heterocycles. The Balaban J connectivity index is 2.07. The van der Waals surface area contributed by atoms with E-state index in [1.165, 1.54) is 15.3 Å². The first-order valence-corrected chi connectivity index (χ1v) is 7.97. The molecule has 0 spiro atoms. The fraction of sp³-hybridized carbons (Fsp3) is 0.357. The van der Waals surface area contributed by atoms with Crippen molar-refractivity contribution in [1.82, 2.24) is 10.3 Å². The molecule has 96 valence electrons. The summed E-state index contributed by atoms with van der Waals surface area (Å²) in [5, 5.41) is 3.38. The molecule has 0 saturated carbocycles. The highest BCUT2D eigenvalue weighted by Gasteiger charge is 2.10. The molecule has 2 rings (SSSR count). The lowest BCUT2D eigenvalue weighted by molar-refractivity contribution is 0.596. The van der Waals surface area contributed by atoms with Gasteiger partial charge in [0.15, 0.2) is 0 Å². The Morgan fingerprint density at radius 1 is 1.33 bits per heavy atom. The third-order valence-corrected chi connectivity index (χ3v) is 4.53. The van der Waals surface area contributed by atoms with Crippen LogP contribution in [0.3, 0.4) is 0 Å². The van der Waals surface area contributed by atoms with Crippen LogP contribution >= 0.6 is 23.1 Å². The largest absolute Gasteiger partial charge is 0.313 e. The van der Waals surface area contributed by atoms with Gasteiger partial charge in [-0.25, -0.2) is 0 Å². The zero-order chi connectivity index (χ0) is 12.8. The fourth-order valence-corrected chi connectivity index (χ4v) is 3.20. The van der Waals surface area contributed by atoms with Crippen LogP contribution in [-0.4, -0.2) is 17.8 Å². The zero-order valence-electron chi connectivity index (χ0n) is 10.7. The number of thioether (sulfide) groups is 1. The van der Waals surface area contributed by atoms with Crippen LogP contribution in [0.15, 0.2) is 40.9 Å². The molecule has 0 aliphatic carbocycles. The van der Waals surface area contributed by atoms with E-state index in [2.05, 4.69) is 41.5 Å². The lowest BCUT2D eigenvalue weighted by Gasteiger charge is -2.16. The summed E-state index contributed by atoms with van der Waals surface area (Å²) in [5.74, 6) is 1.12. The summed E-state index contributed by atoms with van der Waals surface area (Å²) in [4.78, 5) is 6.79. The molecule has 0 aliphatic rings. The first-order valence-electron chi connectivity index (χ1n) is 6.11. The van der Waals surface area contributed by atoms with Crippen molar-refractivity contribution in [2.45, 2.75) is 24.3 Å². The minimum absolute atomic E-state index is 0.367. The average molecular weight is 278 g/mol. The van der Waals surface area contributed by atoms with E-state index in [-0.39, 0.29) is 0 Å². The molecule has 1 heterocycles. The van der Waals surface area contributed by atoms with Crippen LogP contribution in [0.1, 0.15) is 23.4 Å². The molecular weight excluding hydrogens is 260 g/mol. The van der Waals surface area contributed by atoms with Crippen molar-refractivity contribution in [2.75, 3.05) is 12.8 Å². The number of nitrogens with one attached hydrogen (secondary N) is 1. The van der Waals surface area contributed by atoms with Gasteiger partial charge in [-0.2, -0.15) is 0 Å². The number of benzene rings is 1. The number of aromatic nitrogens is 1. The molecule has 1 unspecified atom stereocenters. The van der Waals surface area contributed by atoms with Crippen molar-refractivity contribution < 1.29 is 0 Å². The van der Waals surface area contributed by atoms with Gasteiger partial charge in [0, 0.05) is 28.4 Å². The molecule has 1 aromatic carbocycles. The third kappa shape index (κ3) is 3.57. The molecule has 0 radical (unpaired) electrons. The molecule has 0 amide bonds. The van der Waals surface area contributed by atoms with Gasteiger partial charge in [0.05, 0.1) is 5.51 Å². The summed E-state index contributed by atoms with van der Waals surface area (Å²) in [6.45, 7) is 2.18. The van der Waals surface area contributed by atoms with Gasteiger partial charge in [-0.05, 0) is 30.5 Å². The summed E-state index contributed by atoms with van der Waals surface area (Å²) >= 11 is 3.60. The second-order valence-electron chi connectivity index (χ2n) is 4.02. The van der Waals surface area contributed by atoms with E-state index in [1.54, 1.807) is 11.3 Å². The molecule has 0 bridgehead atoms. The molecule has 4 heteroatoms. The van der Waals surface area contributed by atoms with E-state index in [4.69, 9.17) is 0 Å². The van der Waals surface area contributed by atoms with Crippen LogP contribution < -0.4 is 5.32 Å². The summed E-state index contributed by atoms with van der Waals surface area (Å²) in [6.07, 6.45) is 2.96. The standard InChI is InChI=1S/C14H18N2S2/c1-3-17-12-6-4-11(5-7-12)14(15-2)8-13-9-16-10-18-13/h4-7,9-10,14-15H,3,8H2,1-2H3. The van der Waals surface area contributed by atoms with Crippen molar-refractivity contribution in [1.29, 1.82) is 0 Å². The molecule has 0 aliphatic heterocycles. The zero-order valence-corrected chi connectivity index (χ0v) is 12.4. The Morgan fingerprint density at radius 3 is 2.67 bits per heavy atom. The van der Waals surface area contributed by atoms with Gasteiger partial charge in [0.2, 0.25) is 0 Å². The monoisotopic (exact) mass is 278 g/mol. The Hall–Kier alpha value is -0.840. The molecule has 0 fully saturated rings. The Morgan fingerprint density at radius 2 is 2.11 bits per heavy atom. The topological polar surface area (TPSA) is 24.9 Å².